The van der Waals surface area contributed by atoms with Gasteiger partial charge in [-0.25, -0.2) is 8.42 Å². The van der Waals surface area contributed by atoms with E-state index in [1.165, 1.54) is 22.7 Å². The summed E-state index contributed by atoms with van der Waals surface area (Å²) in [6.07, 6.45) is 2.45. The van der Waals surface area contributed by atoms with Crippen molar-refractivity contribution in [3.05, 3.63) is 95.6 Å². The van der Waals surface area contributed by atoms with Crippen LogP contribution in [0.15, 0.2) is 83.8 Å². The summed E-state index contributed by atoms with van der Waals surface area (Å²) < 4.78 is 28.1. The van der Waals surface area contributed by atoms with Crippen molar-refractivity contribution in [2.75, 3.05) is 23.9 Å². The van der Waals surface area contributed by atoms with Gasteiger partial charge in [0.1, 0.15) is 6.54 Å². The Morgan fingerprint density at radius 1 is 0.882 bits per heavy atom. The fourth-order valence-corrected chi connectivity index (χ4v) is 5.61. The summed E-state index contributed by atoms with van der Waals surface area (Å²) >= 11 is 0. The highest BCUT2D eigenvalue weighted by Crippen LogP contribution is 2.24. The second-order valence-electron chi connectivity index (χ2n) is 8.69. The Morgan fingerprint density at radius 2 is 1.50 bits per heavy atom. The van der Waals surface area contributed by atoms with Crippen molar-refractivity contribution in [1.82, 2.24) is 10.2 Å². The second kappa shape index (κ2) is 10.8. The maximum Gasteiger partial charge on any atom is 0.264 e. The number of rotatable bonds is 9. The number of sulfonamides is 1. The van der Waals surface area contributed by atoms with Crippen LogP contribution in [0, 0.1) is 6.92 Å². The lowest BCUT2D eigenvalue weighted by Crippen LogP contribution is -2.40. The number of anilines is 1. The van der Waals surface area contributed by atoms with Crippen LogP contribution in [0.2, 0.25) is 0 Å². The minimum absolute atomic E-state index is 0.158. The van der Waals surface area contributed by atoms with Crippen LogP contribution >= 0.6 is 0 Å². The normalized spacial score (nSPS) is 14.1. The molecule has 1 aliphatic rings. The smallest absolute Gasteiger partial charge is 0.264 e. The third-order valence-electron chi connectivity index (χ3n) is 6.13. The summed E-state index contributed by atoms with van der Waals surface area (Å²) in [5, 5.41) is 2.93. The van der Waals surface area contributed by atoms with E-state index >= 15 is 0 Å². The van der Waals surface area contributed by atoms with Crippen LogP contribution in [0.25, 0.3) is 0 Å². The number of likely N-dealkylation sites (tertiary alicyclic amines) is 1. The van der Waals surface area contributed by atoms with Crippen LogP contribution in [-0.4, -0.2) is 38.9 Å². The van der Waals surface area contributed by atoms with Gasteiger partial charge in [0.2, 0.25) is 5.91 Å². The maximum atomic E-state index is 13.4. The highest BCUT2D eigenvalue weighted by Gasteiger charge is 2.27. The third kappa shape index (κ3) is 5.85. The standard InChI is InChI=1S/C27H31N3O3S/c1-22-13-15-26(16-14-22)34(32,33)30(25-11-3-2-4-12-25)21-27(31)28-19-23-9-5-6-10-24(23)20-29-17-7-8-18-29/h2-6,9-16H,7-8,17-21H2,1H3,(H,28,31). The van der Waals surface area contributed by atoms with Gasteiger partial charge in [0, 0.05) is 13.1 Å². The molecule has 1 amide bonds. The zero-order valence-corrected chi connectivity index (χ0v) is 20.3. The van der Waals surface area contributed by atoms with E-state index in [2.05, 4.69) is 16.3 Å². The first-order valence-electron chi connectivity index (χ1n) is 11.6. The van der Waals surface area contributed by atoms with Crippen LogP contribution in [0.3, 0.4) is 0 Å². The highest BCUT2D eigenvalue weighted by molar-refractivity contribution is 7.92. The van der Waals surface area contributed by atoms with Gasteiger partial charge in [-0.1, -0.05) is 60.2 Å². The van der Waals surface area contributed by atoms with E-state index in [1.807, 2.05) is 31.2 Å². The molecule has 3 aromatic carbocycles. The molecule has 0 radical (unpaired) electrons. The topological polar surface area (TPSA) is 69.7 Å². The minimum Gasteiger partial charge on any atom is -0.350 e. The number of hydrogen-bond donors (Lipinski definition) is 1. The summed E-state index contributed by atoms with van der Waals surface area (Å²) in [5.74, 6) is -0.351. The van der Waals surface area contributed by atoms with Gasteiger partial charge in [-0.15, -0.1) is 0 Å². The Kier molecular flexibility index (Phi) is 7.65. The lowest BCUT2D eigenvalue weighted by molar-refractivity contribution is -0.119. The average molecular weight is 478 g/mol. The summed E-state index contributed by atoms with van der Waals surface area (Å²) in [6, 6.07) is 23.5. The van der Waals surface area contributed by atoms with Gasteiger partial charge >= 0.3 is 0 Å². The number of carbonyl (C=O) groups is 1. The molecule has 4 rings (SSSR count). The number of aryl methyl sites for hydroxylation is 1. The van der Waals surface area contributed by atoms with E-state index in [4.69, 9.17) is 0 Å². The van der Waals surface area contributed by atoms with Crippen molar-refractivity contribution in [2.24, 2.45) is 0 Å². The molecule has 0 aliphatic carbocycles. The molecule has 1 N–H and O–H groups in total. The minimum atomic E-state index is -3.91. The van der Waals surface area contributed by atoms with Gasteiger partial charge in [-0.05, 0) is 68.2 Å². The maximum absolute atomic E-state index is 13.4. The van der Waals surface area contributed by atoms with E-state index in [1.54, 1.807) is 48.5 Å². The van der Waals surface area contributed by atoms with Crippen molar-refractivity contribution in [2.45, 2.75) is 37.8 Å². The second-order valence-corrected chi connectivity index (χ2v) is 10.6. The Morgan fingerprint density at radius 3 is 2.18 bits per heavy atom. The molecule has 1 aliphatic heterocycles. The van der Waals surface area contributed by atoms with E-state index in [0.717, 1.165) is 30.8 Å². The van der Waals surface area contributed by atoms with Gasteiger partial charge in [-0.2, -0.15) is 0 Å². The Balaban J connectivity index is 1.49. The predicted octanol–water partition coefficient (Wildman–Crippen LogP) is 4.10. The SMILES string of the molecule is Cc1ccc(S(=O)(=O)N(CC(=O)NCc2ccccc2CN2CCCC2)c2ccccc2)cc1. The average Bonchev–Trinajstić information content (AvgIpc) is 3.36. The third-order valence-corrected chi connectivity index (χ3v) is 7.92. The Bertz CT molecular complexity index is 1210. The number of amides is 1. The molecule has 0 bridgehead atoms. The van der Waals surface area contributed by atoms with E-state index in [9.17, 15) is 13.2 Å². The molecule has 0 unspecified atom stereocenters. The fourth-order valence-electron chi connectivity index (χ4n) is 4.19. The van der Waals surface area contributed by atoms with Crippen LogP contribution < -0.4 is 9.62 Å². The van der Waals surface area contributed by atoms with E-state index in [0.29, 0.717) is 12.2 Å². The number of nitrogens with one attached hydrogen (secondary N) is 1. The van der Waals surface area contributed by atoms with Crippen LogP contribution in [0.4, 0.5) is 5.69 Å². The van der Waals surface area contributed by atoms with Crippen molar-refractivity contribution in [1.29, 1.82) is 0 Å². The first-order valence-corrected chi connectivity index (χ1v) is 13.1. The number of benzene rings is 3. The van der Waals surface area contributed by atoms with Crippen LogP contribution in [0.1, 0.15) is 29.5 Å². The summed E-state index contributed by atoms with van der Waals surface area (Å²) in [5.41, 5.74) is 3.66. The lowest BCUT2D eigenvalue weighted by atomic mass is 10.1. The Hall–Kier alpha value is -3.16. The molecule has 3 aromatic rings. The van der Waals surface area contributed by atoms with Gasteiger partial charge in [0.25, 0.3) is 10.0 Å². The molecule has 1 heterocycles. The molecule has 7 heteroatoms. The summed E-state index contributed by atoms with van der Waals surface area (Å²) in [7, 11) is -3.91. The molecule has 178 valence electrons. The predicted molar refractivity (Wildman–Crippen MR) is 135 cm³/mol. The summed E-state index contributed by atoms with van der Waals surface area (Å²) in [4.78, 5) is 15.5. The number of carbonyl (C=O) groups excluding carboxylic acids is 1. The molecule has 0 saturated carbocycles. The number of hydrogen-bond acceptors (Lipinski definition) is 4. The molecular formula is C27H31N3O3S. The van der Waals surface area contributed by atoms with Crippen molar-refractivity contribution in [3.63, 3.8) is 0 Å². The van der Waals surface area contributed by atoms with E-state index < -0.39 is 10.0 Å². The molecule has 0 spiro atoms. The van der Waals surface area contributed by atoms with Gasteiger partial charge in [0.15, 0.2) is 0 Å². The van der Waals surface area contributed by atoms with E-state index in [-0.39, 0.29) is 17.3 Å². The van der Waals surface area contributed by atoms with Gasteiger partial charge < -0.3 is 5.32 Å². The quantitative estimate of drug-likeness (QED) is 0.504. The number of para-hydroxylation sites is 1. The van der Waals surface area contributed by atoms with Gasteiger partial charge in [-0.3, -0.25) is 14.0 Å². The van der Waals surface area contributed by atoms with Crippen molar-refractivity contribution in [3.8, 4) is 0 Å². The van der Waals surface area contributed by atoms with Crippen LogP contribution in [0.5, 0.6) is 0 Å². The molecule has 34 heavy (non-hydrogen) atoms. The molecular weight excluding hydrogens is 446 g/mol. The first kappa shape index (κ1) is 24.0. The Labute approximate surface area is 202 Å². The zero-order valence-electron chi connectivity index (χ0n) is 19.5. The first-order chi connectivity index (χ1) is 16.4. The van der Waals surface area contributed by atoms with Gasteiger partial charge in [0.05, 0.1) is 10.6 Å². The summed E-state index contributed by atoms with van der Waals surface area (Å²) in [6.45, 7) is 5.03. The molecule has 0 aromatic heterocycles. The van der Waals surface area contributed by atoms with Crippen molar-refractivity contribution >= 4 is 21.6 Å². The monoisotopic (exact) mass is 477 g/mol. The van der Waals surface area contributed by atoms with Crippen LogP contribution in [-0.2, 0) is 27.9 Å². The zero-order chi connectivity index (χ0) is 24.0. The van der Waals surface area contributed by atoms with Crippen molar-refractivity contribution < 1.29 is 13.2 Å². The molecule has 1 saturated heterocycles. The largest absolute Gasteiger partial charge is 0.350 e. The molecule has 1 fully saturated rings. The number of nitrogens with zero attached hydrogens (tertiary/aromatic N) is 2. The molecule has 6 nitrogen and oxygen atoms in total. The highest BCUT2D eigenvalue weighted by atomic mass is 32.2. The fraction of sp³-hybridized carbons (Fsp3) is 0.296. The molecule has 0 atom stereocenters. The lowest BCUT2D eigenvalue weighted by Gasteiger charge is -2.24.